The predicted octanol–water partition coefficient (Wildman–Crippen LogP) is 3.67. The number of aromatic nitrogens is 2. The summed E-state index contributed by atoms with van der Waals surface area (Å²) in [5.41, 5.74) is 2.56. The second-order valence-electron chi connectivity index (χ2n) is 10.5. The van der Waals surface area contributed by atoms with Crippen LogP contribution in [0.1, 0.15) is 50.1 Å². The van der Waals surface area contributed by atoms with Gasteiger partial charge in [0.05, 0.1) is 11.0 Å². The van der Waals surface area contributed by atoms with Gasteiger partial charge in [0, 0.05) is 44.2 Å². The zero-order valence-corrected chi connectivity index (χ0v) is 22.6. The molecule has 212 valence electrons. The number of carbonyl (C=O) groups is 1. The van der Waals surface area contributed by atoms with Crippen LogP contribution in [0.3, 0.4) is 0 Å². The fourth-order valence-electron chi connectivity index (χ4n) is 6.18. The highest BCUT2D eigenvalue weighted by atomic mass is 16.7. The minimum Gasteiger partial charge on any atom is -0.459 e. The highest BCUT2D eigenvalue weighted by Crippen LogP contribution is 2.43. The van der Waals surface area contributed by atoms with E-state index in [1.165, 1.54) is 0 Å². The number of hydrogen-bond donors (Lipinski definition) is 2. The number of hydrogen-bond acceptors (Lipinski definition) is 7. The molecule has 0 unspecified atom stereocenters. The van der Waals surface area contributed by atoms with Crippen LogP contribution in [0.4, 0.5) is 0 Å². The van der Waals surface area contributed by atoms with Crippen molar-refractivity contribution in [3.63, 3.8) is 0 Å². The molecule has 0 spiro atoms. The number of amides is 1. The van der Waals surface area contributed by atoms with Crippen LogP contribution in [-0.2, 0) is 14.3 Å². The van der Waals surface area contributed by atoms with E-state index in [4.69, 9.17) is 18.9 Å². The maximum absolute atomic E-state index is 13.8. The van der Waals surface area contributed by atoms with E-state index in [1.54, 1.807) is 4.90 Å². The van der Waals surface area contributed by atoms with Crippen molar-refractivity contribution in [2.24, 2.45) is 5.92 Å². The Morgan fingerprint density at radius 3 is 2.73 bits per heavy atom. The van der Waals surface area contributed by atoms with Gasteiger partial charge in [-0.1, -0.05) is 18.2 Å². The van der Waals surface area contributed by atoms with Crippen LogP contribution in [0.2, 0.25) is 0 Å². The summed E-state index contributed by atoms with van der Waals surface area (Å²) < 4.78 is 25.2. The molecular formula is C30H35N3O7. The Morgan fingerprint density at radius 2 is 1.93 bits per heavy atom. The first kappa shape index (κ1) is 26.5. The van der Waals surface area contributed by atoms with Crippen LogP contribution in [0.15, 0.2) is 59.1 Å². The molecule has 10 heteroatoms. The van der Waals surface area contributed by atoms with Crippen molar-refractivity contribution in [1.29, 1.82) is 0 Å². The first-order valence-corrected chi connectivity index (χ1v) is 14.1. The molecular weight excluding hydrogens is 514 g/mol. The topological polar surface area (TPSA) is 115 Å². The average Bonchev–Trinajstić information content (AvgIpc) is 3.59. The Bertz CT molecular complexity index is 1450. The van der Waals surface area contributed by atoms with Gasteiger partial charge in [-0.05, 0) is 68.5 Å². The number of aromatic amines is 1. The lowest BCUT2D eigenvalue weighted by atomic mass is 9.80. The molecule has 0 bridgehead atoms. The third-order valence-corrected chi connectivity index (χ3v) is 8.14. The predicted molar refractivity (Wildman–Crippen MR) is 147 cm³/mol. The molecule has 6 rings (SSSR count). The van der Waals surface area contributed by atoms with E-state index < -0.39 is 6.29 Å². The third-order valence-electron chi connectivity index (χ3n) is 8.14. The maximum atomic E-state index is 13.8. The van der Waals surface area contributed by atoms with Crippen LogP contribution in [0.25, 0.3) is 11.0 Å². The van der Waals surface area contributed by atoms with Crippen molar-refractivity contribution in [2.45, 2.75) is 50.9 Å². The molecule has 2 aromatic carbocycles. The number of benzene rings is 2. The van der Waals surface area contributed by atoms with Gasteiger partial charge in [0.2, 0.25) is 13.1 Å². The second kappa shape index (κ2) is 11.4. The molecule has 1 saturated heterocycles. The SMILES string of the molecule is CCO[C@@H]1OC(C(=O)N2CCC(n3c(=O)[nH]c4ccccc43)CC2)=C[C@H](c2ccc3c(c2)OCO3)[C@H]1CCCO. The number of carbonyl (C=O) groups excluding carboxylic acids is 1. The molecule has 3 aromatic rings. The number of piperidine rings is 1. The lowest BCUT2D eigenvalue weighted by Crippen LogP contribution is -2.44. The minimum atomic E-state index is -0.627. The number of allylic oxidation sites excluding steroid dienone is 1. The summed E-state index contributed by atoms with van der Waals surface area (Å²) in [6, 6.07) is 13.5. The van der Waals surface area contributed by atoms with Gasteiger partial charge in [-0.25, -0.2) is 4.79 Å². The van der Waals surface area contributed by atoms with Gasteiger partial charge < -0.3 is 33.9 Å². The van der Waals surface area contributed by atoms with Crippen LogP contribution < -0.4 is 15.2 Å². The number of para-hydroxylation sites is 2. The lowest BCUT2D eigenvalue weighted by molar-refractivity contribution is -0.170. The van der Waals surface area contributed by atoms with Crippen molar-refractivity contribution in [2.75, 3.05) is 33.1 Å². The largest absolute Gasteiger partial charge is 0.459 e. The molecule has 0 saturated carbocycles. The van der Waals surface area contributed by atoms with Crippen molar-refractivity contribution in [1.82, 2.24) is 14.5 Å². The molecule has 40 heavy (non-hydrogen) atoms. The summed E-state index contributed by atoms with van der Waals surface area (Å²) in [4.78, 5) is 31.2. The van der Waals surface area contributed by atoms with E-state index in [9.17, 15) is 14.7 Å². The number of likely N-dealkylation sites (tertiary alicyclic amines) is 1. The number of imidazole rings is 1. The zero-order valence-electron chi connectivity index (χ0n) is 22.6. The standard InChI is InChI=1S/C30H35N3O7/c1-2-37-29-21(6-5-15-34)22(19-9-10-25-26(16-19)39-18-38-25)17-27(40-29)28(35)32-13-11-20(12-14-32)33-24-8-4-3-7-23(24)31-30(33)36/h3-4,7-10,16-17,20-22,29,34H,2,5-6,11-15,18H2,1H3,(H,31,36)/t21-,22-,29-/m1/s1. The fraction of sp³-hybridized carbons (Fsp3) is 0.467. The van der Waals surface area contributed by atoms with Gasteiger partial charge in [0.25, 0.3) is 5.91 Å². The smallest absolute Gasteiger partial charge is 0.326 e. The number of aliphatic hydroxyl groups is 1. The molecule has 3 atom stereocenters. The quantitative estimate of drug-likeness (QED) is 0.441. The lowest BCUT2D eigenvalue weighted by Gasteiger charge is -2.39. The second-order valence-corrected chi connectivity index (χ2v) is 10.5. The highest BCUT2D eigenvalue weighted by Gasteiger charge is 2.40. The average molecular weight is 550 g/mol. The Hall–Kier alpha value is -3.76. The van der Waals surface area contributed by atoms with E-state index in [0.29, 0.717) is 56.9 Å². The maximum Gasteiger partial charge on any atom is 0.326 e. The monoisotopic (exact) mass is 549 g/mol. The van der Waals surface area contributed by atoms with Crippen molar-refractivity contribution >= 4 is 16.9 Å². The van der Waals surface area contributed by atoms with E-state index in [1.807, 2.05) is 60.0 Å². The van der Waals surface area contributed by atoms with E-state index >= 15 is 0 Å². The molecule has 1 aromatic heterocycles. The van der Waals surface area contributed by atoms with Gasteiger partial charge in [0.15, 0.2) is 17.3 Å². The minimum absolute atomic E-state index is 0.00868. The number of rotatable bonds is 8. The van der Waals surface area contributed by atoms with Crippen molar-refractivity contribution in [3.8, 4) is 11.5 Å². The van der Waals surface area contributed by atoms with Crippen LogP contribution in [-0.4, -0.2) is 64.9 Å². The Balaban J connectivity index is 1.24. The van der Waals surface area contributed by atoms with E-state index in [-0.39, 0.29) is 48.6 Å². The summed E-state index contributed by atoms with van der Waals surface area (Å²) >= 11 is 0. The highest BCUT2D eigenvalue weighted by molar-refractivity contribution is 5.92. The summed E-state index contributed by atoms with van der Waals surface area (Å²) in [6.45, 7) is 3.60. The Kier molecular flexibility index (Phi) is 7.53. The van der Waals surface area contributed by atoms with Gasteiger partial charge in [-0.15, -0.1) is 0 Å². The van der Waals surface area contributed by atoms with Crippen LogP contribution in [0.5, 0.6) is 11.5 Å². The number of aliphatic hydroxyl groups excluding tert-OH is 1. The molecule has 3 aliphatic heterocycles. The molecule has 1 amide bonds. The van der Waals surface area contributed by atoms with E-state index in [2.05, 4.69) is 4.98 Å². The summed E-state index contributed by atoms with van der Waals surface area (Å²) in [7, 11) is 0. The normalized spacial score (nSPS) is 22.8. The molecule has 0 aliphatic carbocycles. The zero-order chi connectivity index (χ0) is 27.6. The summed E-state index contributed by atoms with van der Waals surface area (Å²) in [5.74, 6) is 1.19. The number of H-pyrrole nitrogens is 1. The van der Waals surface area contributed by atoms with Gasteiger partial charge in [0.1, 0.15) is 0 Å². The van der Waals surface area contributed by atoms with Gasteiger partial charge in [-0.3, -0.25) is 9.36 Å². The Morgan fingerprint density at radius 1 is 1.12 bits per heavy atom. The summed E-state index contributed by atoms with van der Waals surface area (Å²) in [6.07, 6.45) is 3.87. The number of nitrogens with one attached hydrogen (secondary N) is 1. The summed E-state index contributed by atoms with van der Waals surface area (Å²) in [5, 5.41) is 9.56. The number of fused-ring (bicyclic) bond motifs is 2. The molecule has 3 aliphatic rings. The van der Waals surface area contributed by atoms with E-state index in [0.717, 1.165) is 16.6 Å². The molecule has 1 fully saturated rings. The number of ether oxygens (including phenoxy) is 4. The van der Waals surface area contributed by atoms with Crippen LogP contribution >= 0.6 is 0 Å². The molecule has 10 nitrogen and oxygen atoms in total. The fourth-order valence-corrected chi connectivity index (χ4v) is 6.18. The van der Waals surface area contributed by atoms with Gasteiger partial charge >= 0.3 is 5.69 Å². The Labute approximate surface area is 232 Å². The molecule has 2 N–H and O–H groups in total. The first-order valence-electron chi connectivity index (χ1n) is 14.1. The van der Waals surface area contributed by atoms with Crippen LogP contribution in [0, 0.1) is 5.92 Å². The number of nitrogens with zero attached hydrogens (tertiary/aromatic N) is 2. The van der Waals surface area contributed by atoms with Crippen molar-refractivity contribution < 1.29 is 28.8 Å². The first-order chi connectivity index (χ1) is 19.6. The molecule has 0 radical (unpaired) electrons. The van der Waals surface area contributed by atoms with Gasteiger partial charge in [-0.2, -0.15) is 0 Å². The van der Waals surface area contributed by atoms with Crippen molar-refractivity contribution in [3.05, 3.63) is 70.3 Å². The molecule has 4 heterocycles. The third kappa shape index (κ3) is 4.97.